The standard InChI is InChI=1S/C26H36F2N4O2/c1-16(14-21(31-30-6)22-19(27)8-7-9-20(22)28)18-10-12-26(4,25(18,2)3)24(34)32-13-11-17(15-32)23(33)29-5/h7-9,14,16-18H,10-13,15H2,1-6H3,(H,29,33)/b21-14-,31-30?/t16?,17?,18?,26-/m1/s1. The van der Waals surface area contributed by atoms with Gasteiger partial charge in [-0.05, 0) is 48.6 Å². The van der Waals surface area contributed by atoms with E-state index in [-0.39, 0.29) is 46.2 Å². The van der Waals surface area contributed by atoms with Gasteiger partial charge in [0.1, 0.15) is 11.6 Å². The molecule has 3 unspecified atom stereocenters. The number of halogens is 2. The van der Waals surface area contributed by atoms with Crippen LogP contribution in [-0.4, -0.2) is 43.9 Å². The van der Waals surface area contributed by atoms with Crippen LogP contribution in [0.5, 0.6) is 0 Å². The summed E-state index contributed by atoms with van der Waals surface area (Å²) in [7, 11) is 3.09. The highest BCUT2D eigenvalue weighted by Gasteiger charge is 2.58. The Morgan fingerprint density at radius 1 is 1.21 bits per heavy atom. The molecule has 1 aromatic rings. The van der Waals surface area contributed by atoms with Crippen LogP contribution in [0.15, 0.2) is 34.5 Å². The third kappa shape index (κ3) is 4.51. The quantitative estimate of drug-likeness (QED) is 0.585. The molecule has 4 atom stereocenters. The van der Waals surface area contributed by atoms with Gasteiger partial charge in [0.25, 0.3) is 0 Å². The van der Waals surface area contributed by atoms with Crippen LogP contribution in [0, 0.1) is 40.2 Å². The van der Waals surface area contributed by atoms with E-state index in [0.29, 0.717) is 25.9 Å². The smallest absolute Gasteiger partial charge is 0.229 e. The predicted octanol–water partition coefficient (Wildman–Crippen LogP) is 5.06. The zero-order valence-corrected chi connectivity index (χ0v) is 21.0. The first kappa shape index (κ1) is 26.0. The minimum Gasteiger partial charge on any atom is -0.359 e. The number of azo groups is 1. The lowest BCUT2D eigenvalue weighted by atomic mass is 9.62. The Kier molecular flexibility index (Phi) is 7.58. The second-order valence-electron chi connectivity index (χ2n) is 10.4. The van der Waals surface area contributed by atoms with Gasteiger partial charge < -0.3 is 10.2 Å². The van der Waals surface area contributed by atoms with E-state index < -0.39 is 17.0 Å². The minimum absolute atomic E-state index is 0.0271. The van der Waals surface area contributed by atoms with Crippen molar-refractivity contribution in [1.82, 2.24) is 10.2 Å². The molecule has 34 heavy (non-hydrogen) atoms. The third-order valence-corrected chi connectivity index (χ3v) is 8.35. The van der Waals surface area contributed by atoms with Crippen LogP contribution in [-0.2, 0) is 9.59 Å². The van der Waals surface area contributed by atoms with E-state index in [2.05, 4.69) is 29.4 Å². The van der Waals surface area contributed by atoms with Crippen LogP contribution < -0.4 is 5.32 Å². The van der Waals surface area contributed by atoms with Crippen LogP contribution in [0.1, 0.15) is 52.5 Å². The maximum atomic E-state index is 14.5. The summed E-state index contributed by atoms with van der Waals surface area (Å²) in [6.07, 6.45) is 3.95. The van der Waals surface area contributed by atoms with E-state index in [1.807, 2.05) is 18.7 Å². The van der Waals surface area contributed by atoms with Crippen molar-refractivity contribution in [3.05, 3.63) is 41.5 Å². The van der Waals surface area contributed by atoms with E-state index >= 15 is 0 Å². The molecule has 0 spiro atoms. The van der Waals surface area contributed by atoms with Gasteiger partial charge in [0, 0.05) is 27.2 Å². The fourth-order valence-electron chi connectivity index (χ4n) is 5.93. The van der Waals surface area contributed by atoms with Crippen molar-refractivity contribution < 1.29 is 18.4 Å². The molecule has 186 valence electrons. The van der Waals surface area contributed by atoms with Crippen LogP contribution >= 0.6 is 0 Å². The molecular formula is C26H36F2N4O2. The summed E-state index contributed by atoms with van der Waals surface area (Å²) in [6.45, 7) is 9.24. The SMILES string of the molecule is CN=N/C(=C\C(C)C1CC[C@](C)(C(=O)N2CCC(C(=O)NC)C2)C1(C)C)c1c(F)cccc1F. The molecule has 8 heteroatoms. The number of carbonyl (C=O) groups is 2. The van der Waals surface area contributed by atoms with Gasteiger partial charge in [-0.2, -0.15) is 10.2 Å². The zero-order chi connectivity index (χ0) is 25.3. The molecule has 1 heterocycles. The molecule has 0 bridgehead atoms. The van der Waals surface area contributed by atoms with Crippen molar-refractivity contribution in [3.63, 3.8) is 0 Å². The van der Waals surface area contributed by atoms with Gasteiger partial charge >= 0.3 is 0 Å². The third-order valence-electron chi connectivity index (χ3n) is 8.35. The van der Waals surface area contributed by atoms with Gasteiger partial charge in [-0.1, -0.05) is 39.8 Å². The minimum atomic E-state index is -0.684. The van der Waals surface area contributed by atoms with Crippen LogP contribution in [0.4, 0.5) is 8.78 Å². The average Bonchev–Trinajstić information content (AvgIpc) is 3.36. The number of hydrogen-bond donors (Lipinski definition) is 1. The molecule has 1 aromatic carbocycles. The number of amides is 2. The van der Waals surface area contributed by atoms with Gasteiger partial charge in [0.05, 0.1) is 22.6 Å². The fraction of sp³-hybridized carbons (Fsp3) is 0.615. The average molecular weight is 475 g/mol. The van der Waals surface area contributed by atoms with Gasteiger partial charge in [-0.3, -0.25) is 9.59 Å². The van der Waals surface area contributed by atoms with Crippen LogP contribution in [0.3, 0.4) is 0 Å². The molecule has 1 N–H and O–H groups in total. The lowest BCUT2D eigenvalue weighted by Gasteiger charge is -2.44. The van der Waals surface area contributed by atoms with Crippen molar-refractivity contribution in [2.24, 2.45) is 38.8 Å². The number of likely N-dealkylation sites (tertiary alicyclic amines) is 1. The summed E-state index contributed by atoms with van der Waals surface area (Å²) in [5.41, 5.74) is -1.01. The second-order valence-corrected chi connectivity index (χ2v) is 10.4. The molecule has 0 radical (unpaired) electrons. The number of rotatable bonds is 6. The van der Waals surface area contributed by atoms with Crippen molar-refractivity contribution in [2.45, 2.75) is 47.0 Å². The Bertz CT molecular complexity index is 986. The van der Waals surface area contributed by atoms with E-state index in [1.165, 1.54) is 25.2 Å². The molecule has 2 amide bonds. The Balaban J connectivity index is 1.86. The van der Waals surface area contributed by atoms with E-state index in [4.69, 9.17) is 0 Å². The molecule has 1 saturated heterocycles. The molecule has 1 aliphatic carbocycles. The number of benzene rings is 1. The molecule has 6 nitrogen and oxygen atoms in total. The number of nitrogens with zero attached hydrogens (tertiary/aromatic N) is 3. The monoisotopic (exact) mass is 474 g/mol. The second kappa shape index (κ2) is 9.92. The first-order chi connectivity index (χ1) is 16.0. The van der Waals surface area contributed by atoms with Crippen molar-refractivity contribution in [3.8, 4) is 0 Å². The molecule has 3 rings (SSSR count). The Hall–Kier alpha value is -2.64. The Morgan fingerprint density at radius 3 is 2.44 bits per heavy atom. The van der Waals surface area contributed by atoms with Gasteiger partial charge in [-0.15, -0.1) is 0 Å². The van der Waals surface area contributed by atoms with Gasteiger partial charge in [0.15, 0.2) is 0 Å². The lowest BCUT2D eigenvalue weighted by Crippen LogP contribution is -2.49. The highest BCUT2D eigenvalue weighted by Crippen LogP contribution is 2.59. The maximum absolute atomic E-state index is 14.5. The summed E-state index contributed by atoms with van der Waals surface area (Å²) in [6, 6.07) is 3.74. The molecule has 1 aliphatic heterocycles. The number of hydrogen-bond acceptors (Lipinski definition) is 4. The highest BCUT2D eigenvalue weighted by atomic mass is 19.1. The molecule has 2 aliphatic rings. The molecular weight excluding hydrogens is 438 g/mol. The summed E-state index contributed by atoms with van der Waals surface area (Å²) >= 11 is 0. The molecule has 0 aromatic heterocycles. The summed E-state index contributed by atoms with van der Waals surface area (Å²) < 4.78 is 28.9. The largest absolute Gasteiger partial charge is 0.359 e. The molecule has 2 fully saturated rings. The van der Waals surface area contributed by atoms with Crippen molar-refractivity contribution >= 4 is 17.5 Å². The fourth-order valence-corrected chi connectivity index (χ4v) is 5.93. The van der Waals surface area contributed by atoms with Crippen LogP contribution in [0.25, 0.3) is 5.70 Å². The van der Waals surface area contributed by atoms with Gasteiger partial charge in [0.2, 0.25) is 11.8 Å². The van der Waals surface area contributed by atoms with E-state index in [1.54, 1.807) is 13.1 Å². The predicted molar refractivity (Wildman–Crippen MR) is 128 cm³/mol. The number of allylic oxidation sites excluding steroid dienone is 1. The normalized spacial score (nSPS) is 27.9. The van der Waals surface area contributed by atoms with Gasteiger partial charge in [-0.25, -0.2) is 8.78 Å². The first-order valence-corrected chi connectivity index (χ1v) is 11.9. The van der Waals surface area contributed by atoms with E-state index in [0.717, 1.165) is 6.42 Å². The Morgan fingerprint density at radius 2 is 1.85 bits per heavy atom. The van der Waals surface area contributed by atoms with Crippen LogP contribution in [0.2, 0.25) is 0 Å². The highest BCUT2D eigenvalue weighted by molar-refractivity contribution is 5.86. The first-order valence-electron chi connectivity index (χ1n) is 11.9. The topological polar surface area (TPSA) is 74.1 Å². The summed E-state index contributed by atoms with van der Waals surface area (Å²) in [4.78, 5) is 27.6. The lowest BCUT2D eigenvalue weighted by molar-refractivity contribution is -0.147. The summed E-state index contributed by atoms with van der Waals surface area (Å²) in [5, 5.41) is 10.5. The van der Waals surface area contributed by atoms with Crippen molar-refractivity contribution in [1.29, 1.82) is 0 Å². The Labute approximate surface area is 200 Å². The maximum Gasteiger partial charge on any atom is 0.229 e. The van der Waals surface area contributed by atoms with E-state index in [9.17, 15) is 18.4 Å². The zero-order valence-electron chi connectivity index (χ0n) is 21.0. The van der Waals surface area contributed by atoms with Crippen molar-refractivity contribution in [2.75, 3.05) is 27.2 Å². The number of nitrogens with one attached hydrogen (secondary N) is 1. The number of carbonyl (C=O) groups excluding carboxylic acids is 2. The summed E-state index contributed by atoms with van der Waals surface area (Å²) in [5.74, 6) is -1.49. The molecule has 1 saturated carbocycles.